The summed E-state index contributed by atoms with van der Waals surface area (Å²) < 4.78 is 5.53. The van der Waals surface area contributed by atoms with E-state index in [9.17, 15) is 14.4 Å². The van der Waals surface area contributed by atoms with Crippen molar-refractivity contribution in [3.05, 3.63) is 82.8 Å². The third-order valence-corrected chi connectivity index (χ3v) is 6.08. The first kappa shape index (κ1) is 25.4. The SMILES string of the molecule is CN(C)CCOC(=O)c1ccc(NC(=O)CN2C(=O)C(=CC=Cc3ccccc3)SC2=S)cc1. The number of ether oxygens (including phenoxy) is 1. The number of allylic oxidation sites excluding steroid dienone is 2. The second-order valence-corrected chi connectivity index (χ2v) is 9.30. The molecule has 0 spiro atoms. The Kier molecular flexibility index (Phi) is 9.15. The van der Waals surface area contributed by atoms with Gasteiger partial charge in [0.05, 0.1) is 10.5 Å². The Hall–Kier alpha value is -3.27. The molecule has 34 heavy (non-hydrogen) atoms. The Labute approximate surface area is 208 Å². The van der Waals surface area contributed by atoms with E-state index in [-0.39, 0.29) is 12.5 Å². The molecule has 1 saturated heterocycles. The highest BCUT2D eigenvalue weighted by atomic mass is 32.2. The summed E-state index contributed by atoms with van der Waals surface area (Å²) in [4.78, 5) is 40.9. The van der Waals surface area contributed by atoms with Gasteiger partial charge in [-0.2, -0.15) is 0 Å². The van der Waals surface area contributed by atoms with E-state index in [1.165, 1.54) is 4.90 Å². The third-order valence-electron chi connectivity index (χ3n) is 4.69. The first-order chi connectivity index (χ1) is 16.3. The van der Waals surface area contributed by atoms with Gasteiger partial charge in [0.15, 0.2) is 0 Å². The maximum absolute atomic E-state index is 12.7. The number of amides is 2. The highest BCUT2D eigenvalue weighted by molar-refractivity contribution is 8.26. The summed E-state index contributed by atoms with van der Waals surface area (Å²) in [5, 5.41) is 2.72. The van der Waals surface area contributed by atoms with Crippen molar-refractivity contribution in [3.63, 3.8) is 0 Å². The molecule has 0 unspecified atom stereocenters. The van der Waals surface area contributed by atoms with Crippen molar-refractivity contribution in [3.8, 4) is 0 Å². The van der Waals surface area contributed by atoms with Crippen LogP contribution >= 0.6 is 24.0 Å². The summed E-state index contributed by atoms with van der Waals surface area (Å²) in [5.74, 6) is -1.12. The maximum Gasteiger partial charge on any atom is 0.338 e. The number of hydrogen-bond donors (Lipinski definition) is 1. The number of carbonyl (C=O) groups is 3. The van der Waals surface area contributed by atoms with Gasteiger partial charge in [-0.3, -0.25) is 14.5 Å². The predicted molar refractivity (Wildman–Crippen MR) is 139 cm³/mol. The first-order valence-electron chi connectivity index (χ1n) is 10.5. The zero-order valence-corrected chi connectivity index (χ0v) is 20.5. The van der Waals surface area contributed by atoms with Crippen LogP contribution in [-0.4, -0.2) is 65.7 Å². The molecule has 2 aromatic carbocycles. The molecular weight excluding hydrogens is 470 g/mol. The summed E-state index contributed by atoms with van der Waals surface area (Å²) >= 11 is 6.45. The van der Waals surface area contributed by atoms with Crippen molar-refractivity contribution in [2.75, 3.05) is 39.1 Å². The van der Waals surface area contributed by atoms with Crippen LogP contribution in [-0.2, 0) is 14.3 Å². The molecule has 2 aromatic rings. The van der Waals surface area contributed by atoms with E-state index in [4.69, 9.17) is 17.0 Å². The van der Waals surface area contributed by atoms with Gasteiger partial charge in [-0.1, -0.05) is 66.5 Å². The summed E-state index contributed by atoms with van der Waals surface area (Å²) in [6, 6.07) is 16.1. The van der Waals surface area contributed by atoms with Crippen LogP contribution in [0.3, 0.4) is 0 Å². The van der Waals surface area contributed by atoms with E-state index < -0.39 is 11.9 Å². The molecule has 176 valence electrons. The molecule has 0 atom stereocenters. The van der Waals surface area contributed by atoms with Gasteiger partial charge in [0.25, 0.3) is 5.91 Å². The standard InChI is InChI=1S/C25H25N3O4S2/c1-27(2)15-16-32-24(31)19-11-13-20(14-12-19)26-22(29)17-28-23(30)21(34-25(28)33)10-6-9-18-7-4-3-5-8-18/h3-14H,15-17H2,1-2H3,(H,26,29). The quantitative estimate of drug-likeness (QED) is 0.322. The molecule has 9 heteroatoms. The number of esters is 1. The largest absolute Gasteiger partial charge is 0.461 e. The molecule has 0 radical (unpaired) electrons. The minimum absolute atomic E-state index is 0.196. The van der Waals surface area contributed by atoms with Crippen LogP contribution in [0.15, 0.2) is 71.7 Å². The van der Waals surface area contributed by atoms with E-state index in [1.807, 2.05) is 55.4 Å². The number of benzene rings is 2. The zero-order chi connectivity index (χ0) is 24.5. The minimum atomic E-state index is -0.426. The molecule has 2 amide bonds. The number of rotatable bonds is 9. The molecule has 0 bridgehead atoms. The van der Waals surface area contributed by atoms with E-state index >= 15 is 0 Å². The Balaban J connectivity index is 1.52. The molecule has 3 rings (SSSR count). The summed E-state index contributed by atoms with van der Waals surface area (Å²) in [5.41, 5.74) is 1.91. The molecule has 1 aliphatic rings. The van der Waals surface area contributed by atoms with Gasteiger partial charge >= 0.3 is 5.97 Å². The molecule has 1 aliphatic heterocycles. The lowest BCUT2D eigenvalue weighted by Gasteiger charge is -2.14. The van der Waals surface area contributed by atoms with Crippen molar-refractivity contribution >= 4 is 57.8 Å². The summed E-state index contributed by atoms with van der Waals surface area (Å²) in [7, 11) is 3.79. The summed E-state index contributed by atoms with van der Waals surface area (Å²) in [6.07, 6.45) is 5.37. The molecule has 7 nitrogen and oxygen atoms in total. The monoisotopic (exact) mass is 495 g/mol. The number of thioether (sulfide) groups is 1. The number of thiocarbonyl (C=S) groups is 1. The molecule has 1 heterocycles. The lowest BCUT2D eigenvalue weighted by Crippen LogP contribution is -2.36. The van der Waals surface area contributed by atoms with Gasteiger partial charge in [-0.25, -0.2) is 4.79 Å². The van der Waals surface area contributed by atoms with Crippen LogP contribution in [0.2, 0.25) is 0 Å². The van der Waals surface area contributed by atoms with Crippen molar-refractivity contribution in [2.24, 2.45) is 0 Å². The van der Waals surface area contributed by atoms with Crippen LogP contribution in [0.1, 0.15) is 15.9 Å². The Morgan fingerprint density at radius 2 is 1.82 bits per heavy atom. The number of anilines is 1. The number of carbonyl (C=O) groups excluding carboxylic acids is 3. The fourth-order valence-corrected chi connectivity index (χ4v) is 4.11. The van der Waals surface area contributed by atoms with Gasteiger partial charge in [0.1, 0.15) is 17.5 Å². The topological polar surface area (TPSA) is 79.0 Å². The normalized spacial score (nSPS) is 14.9. The minimum Gasteiger partial charge on any atom is -0.461 e. The van der Waals surface area contributed by atoms with Gasteiger partial charge in [-0.05, 0) is 50.0 Å². The Morgan fingerprint density at radius 1 is 1.12 bits per heavy atom. The summed E-state index contributed by atoms with van der Waals surface area (Å²) in [6.45, 7) is 0.735. The second-order valence-electron chi connectivity index (χ2n) is 7.62. The van der Waals surface area contributed by atoms with Crippen LogP contribution in [0, 0.1) is 0 Å². The van der Waals surface area contributed by atoms with Crippen LogP contribution in [0.25, 0.3) is 6.08 Å². The predicted octanol–water partition coefficient (Wildman–Crippen LogP) is 3.80. The second kappa shape index (κ2) is 12.3. The lowest BCUT2D eigenvalue weighted by atomic mass is 10.2. The first-order valence-corrected chi connectivity index (χ1v) is 11.7. The van der Waals surface area contributed by atoms with Gasteiger partial charge in [0.2, 0.25) is 5.91 Å². The fraction of sp³-hybridized carbons (Fsp3) is 0.200. The molecular formula is C25H25N3O4S2. The molecule has 0 aromatic heterocycles. The van der Waals surface area contributed by atoms with Crippen LogP contribution in [0.4, 0.5) is 5.69 Å². The van der Waals surface area contributed by atoms with Crippen LogP contribution < -0.4 is 5.32 Å². The van der Waals surface area contributed by atoms with Gasteiger partial charge in [0, 0.05) is 12.2 Å². The number of likely N-dealkylation sites (N-methyl/N-ethyl adjacent to an activating group) is 1. The fourth-order valence-electron chi connectivity index (χ4n) is 2.90. The average Bonchev–Trinajstić information content (AvgIpc) is 3.07. The number of nitrogens with zero attached hydrogens (tertiary/aromatic N) is 2. The smallest absolute Gasteiger partial charge is 0.338 e. The number of hydrogen-bond acceptors (Lipinski definition) is 7. The maximum atomic E-state index is 12.7. The van der Waals surface area contributed by atoms with E-state index in [0.29, 0.717) is 33.6 Å². The Morgan fingerprint density at radius 3 is 2.50 bits per heavy atom. The van der Waals surface area contributed by atoms with E-state index in [0.717, 1.165) is 17.3 Å². The molecule has 0 aliphatic carbocycles. The van der Waals surface area contributed by atoms with Gasteiger partial charge < -0.3 is 15.0 Å². The van der Waals surface area contributed by atoms with Gasteiger partial charge in [-0.15, -0.1) is 0 Å². The number of nitrogens with one attached hydrogen (secondary N) is 1. The molecule has 1 fully saturated rings. The lowest BCUT2D eigenvalue weighted by molar-refractivity contribution is -0.126. The van der Waals surface area contributed by atoms with Crippen molar-refractivity contribution in [1.82, 2.24) is 9.80 Å². The average molecular weight is 496 g/mol. The Bertz CT molecular complexity index is 1110. The highest BCUT2D eigenvalue weighted by Crippen LogP contribution is 2.30. The van der Waals surface area contributed by atoms with Crippen molar-refractivity contribution in [1.29, 1.82) is 0 Å². The molecule has 0 saturated carbocycles. The molecule has 1 N–H and O–H groups in total. The van der Waals surface area contributed by atoms with E-state index in [2.05, 4.69) is 5.32 Å². The third kappa shape index (κ3) is 7.38. The van der Waals surface area contributed by atoms with E-state index in [1.54, 1.807) is 36.4 Å². The van der Waals surface area contributed by atoms with Crippen LogP contribution in [0.5, 0.6) is 0 Å². The zero-order valence-electron chi connectivity index (χ0n) is 18.9. The highest BCUT2D eigenvalue weighted by Gasteiger charge is 2.33. The van der Waals surface area contributed by atoms with Crippen molar-refractivity contribution in [2.45, 2.75) is 0 Å². The van der Waals surface area contributed by atoms with Crippen molar-refractivity contribution < 1.29 is 19.1 Å².